The van der Waals surface area contributed by atoms with Gasteiger partial charge in [0.15, 0.2) is 0 Å². The average molecular weight is 261 g/mol. The zero-order valence-corrected chi connectivity index (χ0v) is 10.9. The van der Waals surface area contributed by atoms with Gasteiger partial charge in [0.1, 0.15) is 6.61 Å². The molecule has 0 saturated heterocycles. The summed E-state index contributed by atoms with van der Waals surface area (Å²) in [6.45, 7) is 1.67. The molecular weight excluding hydrogens is 242 g/mol. The quantitative estimate of drug-likeness (QED) is 0.846. The summed E-state index contributed by atoms with van der Waals surface area (Å²) >= 11 is 0. The number of hydrogen-bond donors (Lipinski definition) is 1. The van der Waals surface area contributed by atoms with Gasteiger partial charge in [-0.2, -0.15) is 0 Å². The van der Waals surface area contributed by atoms with Crippen molar-refractivity contribution in [2.45, 2.75) is 19.4 Å². The predicted octanol–water partition coefficient (Wildman–Crippen LogP) is 2.34. The summed E-state index contributed by atoms with van der Waals surface area (Å²) in [4.78, 5) is 13.6. The van der Waals surface area contributed by atoms with Crippen LogP contribution in [0.25, 0.3) is 0 Å². The molecule has 0 fully saturated rings. The van der Waals surface area contributed by atoms with Crippen molar-refractivity contribution < 1.29 is 14.6 Å². The number of rotatable bonds is 4. The van der Waals surface area contributed by atoms with E-state index >= 15 is 0 Å². The van der Waals surface area contributed by atoms with Crippen LogP contribution in [-0.4, -0.2) is 35.8 Å². The molecule has 0 radical (unpaired) electrons. The fraction of sp³-hybridized carbons (Fsp3) is 0.400. The van der Waals surface area contributed by atoms with Crippen LogP contribution < -0.4 is 0 Å². The minimum Gasteiger partial charge on any atom is -0.445 e. The first-order valence-corrected chi connectivity index (χ1v) is 6.54. The van der Waals surface area contributed by atoms with Crippen molar-refractivity contribution in [2.75, 3.05) is 19.7 Å². The Morgan fingerprint density at radius 2 is 2.11 bits per heavy atom. The number of hydrogen-bond acceptors (Lipinski definition) is 3. The Morgan fingerprint density at radius 3 is 2.84 bits per heavy atom. The highest BCUT2D eigenvalue weighted by Gasteiger charge is 2.19. The SMILES string of the molecule is O=C(OCc1ccccc1)N1CCC=C(CCO)C1. The van der Waals surface area contributed by atoms with Crippen molar-refractivity contribution in [3.8, 4) is 0 Å². The maximum absolute atomic E-state index is 11.9. The van der Waals surface area contributed by atoms with Crippen molar-refractivity contribution in [3.63, 3.8) is 0 Å². The molecule has 0 spiro atoms. The highest BCUT2D eigenvalue weighted by molar-refractivity contribution is 5.68. The highest BCUT2D eigenvalue weighted by Crippen LogP contribution is 2.14. The van der Waals surface area contributed by atoms with Crippen LogP contribution in [0.4, 0.5) is 4.79 Å². The van der Waals surface area contributed by atoms with Gasteiger partial charge in [-0.1, -0.05) is 42.0 Å². The van der Waals surface area contributed by atoms with Crippen molar-refractivity contribution in [2.24, 2.45) is 0 Å². The number of aliphatic hydroxyl groups is 1. The van der Waals surface area contributed by atoms with E-state index < -0.39 is 0 Å². The van der Waals surface area contributed by atoms with Crippen LogP contribution >= 0.6 is 0 Å². The molecule has 1 aliphatic heterocycles. The molecule has 2 rings (SSSR count). The molecule has 0 atom stereocenters. The topological polar surface area (TPSA) is 49.8 Å². The minimum atomic E-state index is -0.285. The Labute approximate surface area is 113 Å². The summed E-state index contributed by atoms with van der Waals surface area (Å²) in [6.07, 6.45) is 3.27. The fourth-order valence-electron chi connectivity index (χ4n) is 2.10. The monoisotopic (exact) mass is 261 g/mol. The molecule has 1 amide bonds. The van der Waals surface area contributed by atoms with Gasteiger partial charge in [0.25, 0.3) is 0 Å². The van der Waals surface area contributed by atoms with Gasteiger partial charge in [-0.25, -0.2) is 4.79 Å². The van der Waals surface area contributed by atoms with E-state index in [1.54, 1.807) is 4.90 Å². The fourth-order valence-corrected chi connectivity index (χ4v) is 2.10. The molecule has 0 bridgehead atoms. The summed E-state index contributed by atoms with van der Waals surface area (Å²) < 4.78 is 5.29. The molecule has 0 aromatic heterocycles. The van der Waals surface area contributed by atoms with Crippen LogP contribution in [0.1, 0.15) is 18.4 Å². The molecular formula is C15H19NO3. The summed E-state index contributed by atoms with van der Waals surface area (Å²) in [5.41, 5.74) is 2.09. The molecule has 1 aliphatic rings. The number of aliphatic hydroxyl groups excluding tert-OH is 1. The van der Waals surface area contributed by atoms with Gasteiger partial charge in [-0.05, 0) is 18.4 Å². The van der Waals surface area contributed by atoms with E-state index in [2.05, 4.69) is 6.08 Å². The third kappa shape index (κ3) is 4.10. The van der Waals surface area contributed by atoms with Crippen molar-refractivity contribution in [3.05, 3.63) is 47.5 Å². The van der Waals surface area contributed by atoms with Crippen molar-refractivity contribution >= 4 is 6.09 Å². The van der Waals surface area contributed by atoms with E-state index in [4.69, 9.17) is 9.84 Å². The van der Waals surface area contributed by atoms with E-state index in [9.17, 15) is 4.79 Å². The Bertz CT molecular complexity index is 442. The summed E-state index contributed by atoms with van der Waals surface area (Å²) in [7, 11) is 0. The summed E-state index contributed by atoms with van der Waals surface area (Å²) in [5.74, 6) is 0. The zero-order valence-electron chi connectivity index (χ0n) is 10.9. The van der Waals surface area contributed by atoms with Crippen LogP contribution in [0.2, 0.25) is 0 Å². The molecule has 0 unspecified atom stereocenters. The predicted molar refractivity (Wildman–Crippen MR) is 72.6 cm³/mol. The van der Waals surface area contributed by atoms with E-state index in [0.717, 1.165) is 17.6 Å². The molecule has 1 heterocycles. The molecule has 1 N–H and O–H groups in total. The zero-order chi connectivity index (χ0) is 13.5. The molecule has 0 saturated carbocycles. The first-order valence-electron chi connectivity index (χ1n) is 6.54. The number of benzene rings is 1. The molecule has 4 nitrogen and oxygen atoms in total. The van der Waals surface area contributed by atoms with E-state index in [1.165, 1.54) is 0 Å². The number of carbonyl (C=O) groups excluding carboxylic acids is 1. The van der Waals surface area contributed by atoms with Gasteiger partial charge in [-0.3, -0.25) is 0 Å². The van der Waals surface area contributed by atoms with Crippen LogP contribution in [0.5, 0.6) is 0 Å². The molecule has 4 heteroatoms. The van der Waals surface area contributed by atoms with Gasteiger partial charge in [0.05, 0.1) is 0 Å². The summed E-state index contributed by atoms with van der Waals surface area (Å²) in [6, 6.07) is 9.64. The summed E-state index contributed by atoms with van der Waals surface area (Å²) in [5, 5.41) is 8.92. The Morgan fingerprint density at radius 1 is 1.32 bits per heavy atom. The van der Waals surface area contributed by atoms with Crippen LogP contribution in [0.15, 0.2) is 42.0 Å². The first kappa shape index (κ1) is 13.6. The van der Waals surface area contributed by atoms with Crippen molar-refractivity contribution in [1.29, 1.82) is 0 Å². The number of nitrogens with zero attached hydrogens (tertiary/aromatic N) is 1. The Kier molecular flexibility index (Phi) is 4.98. The van der Waals surface area contributed by atoms with Gasteiger partial charge in [0.2, 0.25) is 0 Å². The molecule has 102 valence electrons. The van der Waals surface area contributed by atoms with E-state index in [1.807, 2.05) is 30.3 Å². The Hall–Kier alpha value is -1.81. The molecule has 1 aromatic rings. The van der Waals surface area contributed by atoms with Gasteiger partial charge < -0.3 is 14.7 Å². The number of carbonyl (C=O) groups is 1. The van der Waals surface area contributed by atoms with Crippen molar-refractivity contribution in [1.82, 2.24) is 4.90 Å². The average Bonchev–Trinajstić information content (AvgIpc) is 2.46. The second-order valence-electron chi connectivity index (χ2n) is 4.59. The number of ether oxygens (including phenoxy) is 1. The van der Waals surface area contributed by atoms with Gasteiger partial charge >= 0.3 is 6.09 Å². The number of amides is 1. The second kappa shape index (κ2) is 6.95. The first-order chi connectivity index (χ1) is 9.29. The van der Waals surface area contributed by atoms with E-state index in [0.29, 0.717) is 26.1 Å². The normalized spacial score (nSPS) is 15.0. The third-order valence-electron chi connectivity index (χ3n) is 3.12. The minimum absolute atomic E-state index is 0.124. The lowest BCUT2D eigenvalue weighted by Crippen LogP contribution is -2.36. The lowest BCUT2D eigenvalue weighted by molar-refractivity contribution is 0.0977. The maximum Gasteiger partial charge on any atom is 0.410 e. The van der Waals surface area contributed by atoms with Crippen LogP contribution in [0.3, 0.4) is 0 Å². The molecule has 1 aromatic carbocycles. The smallest absolute Gasteiger partial charge is 0.410 e. The third-order valence-corrected chi connectivity index (χ3v) is 3.12. The molecule has 19 heavy (non-hydrogen) atoms. The second-order valence-corrected chi connectivity index (χ2v) is 4.59. The maximum atomic E-state index is 11.9. The Balaban J connectivity index is 1.82. The van der Waals surface area contributed by atoms with Gasteiger partial charge in [0, 0.05) is 19.7 Å². The highest BCUT2D eigenvalue weighted by atomic mass is 16.6. The van der Waals surface area contributed by atoms with Crippen LogP contribution in [-0.2, 0) is 11.3 Å². The van der Waals surface area contributed by atoms with Gasteiger partial charge in [-0.15, -0.1) is 0 Å². The standard InChI is InChI=1S/C15H19NO3/c17-10-8-13-7-4-9-16(11-13)15(18)19-12-14-5-2-1-3-6-14/h1-3,5-7,17H,4,8-12H2. The van der Waals surface area contributed by atoms with Crippen LogP contribution in [0, 0.1) is 0 Å². The van der Waals surface area contributed by atoms with E-state index in [-0.39, 0.29) is 12.7 Å². The largest absolute Gasteiger partial charge is 0.445 e. The molecule has 0 aliphatic carbocycles. The lowest BCUT2D eigenvalue weighted by atomic mass is 10.1. The lowest BCUT2D eigenvalue weighted by Gasteiger charge is -2.26.